The molecule has 0 saturated carbocycles. The van der Waals surface area contributed by atoms with Crippen molar-refractivity contribution in [3.63, 3.8) is 0 Å². The lowest BCUT2D eigenvalue weighted by molar-refractivity contribution is 0.0821. The number of nitrogens with zero attached hydrogens (tertiary/aromatic N) is 5. The summed E-state index contributed by atoms with van der Waals surface area (Å²) in [6.45, 7) is 9.87. The minimum absolute atomic E-state index is 0.00838. The number of piperidine rings is 1. The van der Waals surface area contributed by atoms with Crippen molar-refractivity contribution in [3.05, 3.63) is 160 Å². The molecule has 14 nitrogen and oxygen atoms in total. The molecule has 1 aromatic heterocycles. The van der Waals surface area contributed by atoms with E-state index >= 15 is 0 Å². The maximum atomic E-state index is 12.9. The number of carbonyl (C=O) groups excluding carboxylic acids is 2. The van der Waals surface area contributed by atoms with E-state index < -0.39 is 6.10 Å². The Morgan fingerprint density at radius 1 is 0.866 bits per heavy atom. The number of aromatic nitrogens is 1. The molecular weight excluding hydrogens is 1030 g/mol. The summed E-state index contributed by atoms with van der Waals surface area (Å²) in [6, 6.07) is 34.8. The van der Waals surface area contributed by atoms with E-state index in [1.807, 2.05) is 81.7 Å². The number of fused-ring (bicyclic) bond motifs is 3. The maximum Gasteiger partial charge on any atom is 0.414 e. The van der Waals surface area contributed by atoms with Crippen LogP contribution in [-0.2, 0) is 37.8 Å². The first-order valence-corrected chi connectivity index (χ1v) is 29.5. The van der Waals surface area contributed by atoms with Gasteiger partial charge in [0.1, 0.15) is 11.9 Å². The van der Waals surface area contributed by atoms with Crippen molar-refractivity contribution in [2.45, 2.75) is 115 Å². The van der Waals surface area contributed by atoms with Crippen LogP contribution in [0.2, 0.25) is 0 Å². The Kier molecular flexibility index (Phi) is 19.6. The van der Waals surface area contributed by atoms with E-state index in [0.717, 1.165) is 110 Å². The number of hydrogen-bond donors (Lipinski definition) is 2. The van der Waals surface area contributed by atoms with Gasteiger partial charge in [-0.25, -0.2) is 4.79 Å². The molecule has 1 fully saturated rings. The van der Waals surface area contributed by atoms with Crippen molar-refractivity contribution in [2.24, 2.45) is 11.8 Å². The second-order valence-corrected chi connectivity index (χ2v) is 23.3. The smallest absolute Gasteiger partial charge is 0.414 e. The Labute approximate surface area is 486 Å². The number of aryl methyl sites for hydroxylation is 1. The lowest BCUT2D eigenvalue weighted by Gasteiger charge is -2.35. The molecule has 3 aliphatic heterocycles. The summed E-state index contributed by atoms with van der Waals surface area (Å²) < 4.78 is 27.8. The lowest BCUT2D eigenvalue weighted by Crippen LogP contribution is -2.42. The van der Waals surface area contributed by atoms with Gasteiger partial charge in [0, 0.05) is 73.0 Å². The fourth-order valence-corrected chi connectivity index (χ4v) is 12.6. The van der Waals surface area contributed by atoms with Gasteiger partial charge in [0.15, 0.2) is 28.8 Å². The number of rotatable bonds is 11. The summed E-state index contributed by atoms with van der Waals surface area (Å²) in [7, 11) is 12.9. The van der Waals surface area contributed by atoms with Crippen molar-refractivity contribution in [1.29, 1.82) is 0 Å². The number of nitrogens with two attached hydrogens (primary N) is 1. The second-order valence-electron chi connectivity index (χ2n) is 23.3. The average molecular weight is 1120 g/mol. The van der Waals surface area contributed by atoms with Gasteiger partial charge in [0.25, 0.3) is 0 Å². The molecule has 0 radical (unpaired) electrons. The zero-order valence-electron chi connectivity index (χ0n) is 49.8. The van der Waals surface area contributed by atoms with Crippen LogP contribution in [-0.4, -0.2) is 129 Å². The van der Waals surface area contributed by atoms with Crippen LogP contribution < -0.4 is 29.4 Å². The van der Waals surface area contributed by atoms with Crippen LogP contribution in [0.1, 0.15) is 114 Å². The summed E-state index contributed by atoms with van der Waals surface area (Å²) in [5, 5.41) is 11.1. The highest BCUT2D eigenvalue weighted by molar-refractivity contribution is 6.03. The van der Waals surface area contributed by atoms with Crippen LogP contribution in [0.5, 0.6) is 28.7 Å². The van der Waals surface area contributed by atoms with Crippen molar-refractivity contribution >= 4 is 28.5 Å². The number of pyridine rings is 1. The standard InChI is InChI=1S/C24H29NO3.C17H21NO3.C14H22N2O2.C13H14N2/c1-27-22-14-19-13-20(24(26)21(19)15-23(22)28-2)12-17-8-10-25(11-9-17)16-18-6-4-3-5-7-18;1-18-8-7-17-6-5-12(19)9-14(17)21-16-13(20-2)4-3-11(10-18)15(16)17;1-6-16(5)14(17)18-13-9-7-8-12(10-13)11(2)15(3)4;14-13-9-5-1-3-7-11(9)15-12-8-4-2-6-10(12)13/h3-7,14-15,17,20H,8-13,16H2,1-2H3;3-6,12,14,19H,7-10H2,1-2H3;7-11H,6H2,1-5H3;1,3,5,7H,2,4,6,8H2,(H2,14,15)/t;12-,14-,17-;11-;/m.00./s1. The van der Waals surface area contributed by atoms with E-state index in [4.69, 9.17) is 34.4 Å². The molecule has 436 valence electrons. The van der Waals surface area contributed by atoms with Crippen molar-refractivity contribution < 1.29 is 38.4 Å². The van der Waals surface area contributed by atoms with Crippen LogP contribution in [0, 0.1) is 11.8 Å². The molecule has 1 amide bonds. The maximum absolute atomic E-state index is 12.9. The van der Waals surface area contributed by atoms with Gasteiger partial charge in [-0.1, -0.05) is 78.9 Å². The highest BCUT2D eigenvalue weighted by atomic mass is 16.6. The number of carbonyl (C=O) groups is 2. The van der Waals surface area contributed by atoms with E-state index in [9.17, 15) is 14.7 Å². The quantitative estimate of drug-likeness (QED) is 0.119. The number of para-hydroxylation sites is 1. The Bertz CT molecular complexity index is 3200. The molecule has 4 heterocycles. The molecule has 5 atom stereocenters. The van der Waals surface area contributed by atoms with E-state index in [1.165, 1.54) is 58.5 Å². The predicted octanol–water partition coefficient (Wildman–Crippen LogP) is 11.7. The molecule has 12 rings (SSSR count). The summed E-state index contributed by atoms with van der Waals surface area (Å²) in [5.74, 6) is 4.66. The molecule has 6 aliphatic rings. The Morgan fingerprint density at radius 2 is 1.59 bits per heavy atom. The highest BCUT2D eigenvalue weighted by Crippen LogP contribution is 2.55. The minimum Gasteiger partial charge on any atom is -0.493 e. The normalized spacial score (nSPS) is 21.1. The van der Waals surface area contributed by atoms with Crippen LogP contribution in [0.15, 0.2) is 115 Å². The number of benzene rings is 5. The number of hydrogen-bond acceptors (Lipinski definition) is 13. The van der Waals surface area contributed by atoms with Crippen LogP contribution >= 0.6 is 0 Å². The first-order valence-electron chi connectivity index (χ1n) is 29.5. The number of aliphatic hydroxyl groups excluding tert-OH is 1. The first kappa shape index (κ1) is 59.6. The summed E-state index contributed by atoms with van der Waals surface area (Å²) in [4.78, 5) is 37.8. The van der Waals surface area contributed by atoms with Gasteiger partial charge >= 0.3 is 6.09 Å². The third-order valence-corrected chi connectivity index (χ3v) is 17.8. The van der Waals surface area contributed by atoms with Gasteiger partial charge in [-0.3, -0.25) is 14.7 Å². The number of ether oxygens (including phenoxy) is 5. The lowest BCUT2D eigenvalue weighted by atomic mass is 9.69. The molecule has 6 aromatic rings. The number of likely N-dealkylation sites (tertiary alicyclic amines) is 1. The summed E-state index contributed by atoms with van der Waals surface area (Å²) in [5.41, 5.74) is 17.6. The first-order chi connectivity index (χ1) is 39.6. The monoisotopic (exact) mass is 1110 g/mol. The third kappa shape index (κ3) is 13.4. The zero-order chi connectivity index (χ0) is 58.1. The molecule has 1 saturated heterocycles. The molecule has 82 heavy (non-hydrogen) atoms. The van der Waals surface area contributed by atoms with Crippen molar-refractivity contribution in [2.75, 3.05) is 81.4 Å². The Hall–Kier alpha value is -6.97. The Balaban J connectivity index is 0.000000135. The fourth-order valence-electron chi connectivity index (χ4n) is 12.6. The summed E-state index contributed by atoms with van der Waals surface area (Å²) >= 11 is 0. The molecule has 5 aromatic carbocycles. The van der Waals surface area contributed by atoms with Gasteiger partial charge < -0.3 is 49.2 Å². The van der Waals surface area contributed by atoms with Gasteiger partial charge in [-0.05, 0) is 183 Å². The fraction of sp³-hybridized carbons (Fsp3) is 0.456. The Morgan fingerprint density at radius 3 is 2.32 bits per heavy atom. The highest BCUT2D eigenvalue weighted by Gasteiger charge is 2.52. The largest absolute Gasteiger partial charge is 0.493 e. The molecular formula is C68H86N6O8. The van der Waals surface area contributed by atoms with Crippen molar-refractivity contribution in [3.8, 4) is 28.7 Å². The molecule has 14 heteroatoms. The number of aliphatic hydroxyl groups is 1. The number of methoxy groups -OCH3 is 3. The zero-order valence-corrected chi connectivity index (χ0v) is 49.8. The van der Waals surface area contributed by atoms with E-state index in [2.05, 4.69) is 77.2 Å². The van der Waals surface area contributed by atoms with Gasteiger partial charge in [0.2, 0.25) is 0 Å². The summed E-state index contributed by atoms with van der Waals surface area (Å²) in [6.07, 6.45) is 13.9. The average Bonchev–Trinajstić information content (AvgIpc) is 2.51. The molecule has 1 spiro atoms. The van der Waals surface area contributed by atoms with Crippen molar-refractivity contribution in [1.82, 2.24) is 24.6 Å². The van der Waals surface area contributed by atoms with Crippen LogP contribution in [0.25, 0.3) is 10.9 Å². The van der Waals surface area contributed by atoms with E-state index in [1.54, 1.807) is 34.4 Å². The van der Waals surface area contributed by atoms with Gasteiger partial charge in [-0.15, -0.1) is 0 Å². The number of nitrogen functional groups attached to an aromatic ring is 1. The number of amides is 1. The van der Waals surface area contributed by atoms with Gasteiger partial charge in [0.05, 0.1) is 38.4 Å². The molecule has 1 unspecified atom stereocenters. The number of Topliss-reactive ketones (excluding diaryl/α,β-unsaturated/α-hetero) is 1. The van der Waals surface area contributed by atoms with Gasteiger partial charge in [-0.2, -0.15) is 0 Å². The topological polar surface area (TPSA) is 152 Å². The molecule has 3 N–H and O–H groups in total. The van der Waals surface area contributed by atoms with Crippen LogP contribution in [0.4, 0.5) is 10.5 Å². The van der Waals surface area contributed by atoms with E-state index in [0.29, 0.717) is 36.1 Å². The molecule has 0 bridgehead atoms. The SMILES string of the molecule is CCN(C)C(=O)Oc1cccc([C@H](C)N(C)C)c1.COc1cc2c(cc1OC)C(=O)C(CC1CCN(Cc3ccccc3)CC1)C2.COc1ccc2c3c1O[C@H]1C[C@@H](O)C=C[C@@]31CCN(C)C2.Nc1c2c(nc3ccccc13)CCCC2. The second kappa shape index (κ2) is 27.0. The minimum atomic E-state index is -0.412. The van der Waals surface area contributed by atoms with E-state index in [-0.39, 0.29) is 35.4 Å². The number of ketones is 1. The third-order valence-electron chi connectivity index (χ3n) is 17.8. The number of anilines is 1. The predicted molar refractivity (Wildman–Crippen MR) is 326 cm³/mol. The molecule has 3 aliphatic carbocycles. The van der Waals surface area contributed by atoms with Crippen LogP contribution in [0.3, 0.4) is 0 Å².